The van der Waals surface area contributed by atoms with Gasteiger partial charge in [0.25, 0.3) is 0 Å². The molecule has 0 saturated heterocycles. The van der Waals surface area contributed by atoms with Gasteiger partial charge in [-0.2, -0.15) is 5.26 Å². The third-order valence-electron chi connectivity index (χ3n) is 2.50. The molecule has 1 heterocycles. The maximum absolute atomic E-state index is 9.74. The summed E-state index contributed by atoms with van der Waals surface area (Å²) in [5, 5.41) is 19.5. The number of phenols is 1. The van der Waals surface area contributed by atoms with Crippen molar-refractivity contribution in [3.05, 3.63) is 47.2 Å². The Hall–Kier alpha value is -1.99. The Kier molecular flexibility index (Phi) is 3.54. The first kappa shape index (κ1) is 12.5. The SMILES string of the molecule is Cc1cc(C)c(C#N)c(Sc2ccccc2O)n1. The number of aryl methyl sites for hydroxylation is 2. The summed E-state index contributed by atoms with van der Waals surface area (Å²) in [6, 6.07) is 11.1. The molecule has 90 valence electrons. The van der Waals surface area contributed by atoms with Gasteiger partial charge < -0.3 is 5.11 Å². The number of hydrogen-bond acceptors (Lipinski definition) is 4. The average Bonchev–Trinajstić information content (AvgIpc) is 2.31. The van der Waals surface area contributed by atoms with Gasteiger partial charge in [0.1, 0.15) is 16.8 Å². The van der Waals surface area contributed by atoms with E-state index in [4.69, 9.17) is 0 Å². The molecule has 0 saturated carbocycles. The zero-order valence-corrected chi connectivity index (χ0v) is 11.0. The smallest absolute Gasteiger partial charge is 0.129 e. The highest BCUT2D eigenvalue weighted by Crippen LogP contribution is 2.35. The van der Waals surface area contributed by atoms with E-state index in [0.29, 0.717) is 15.5 Å². The molecule has 0 atom stereocenters. The minimum Gasteiger partial charge on any atom is -0.507 e. The molecule has 1 aromatic heterocycles. The van der Waals surface area contributed by atoms with Crippen molar-refractivity contribution < 1.29 is 5.11 Å². The van der Waals surface area contributed by atoms with Crippen molar-refractivity contribution in [3.63, 3.8) is 0 Å². The van der Waals surface area contributed by atoms with Crippen molar-refractivity contribution in [1.29, 1.82) is 5.26 Å². The van der Waals surface area contributed by atoms with Crippen molar-refractivity contribution in [2.24, 2.45) is 0 Å². The molecule has 2 rings (SSSR count). The first-order valence-corrected chi connectivity index (χ1v) is 6.27. The van der Waals surface area contributed by atoms with Gasteiger partial charge >= 0.3 is 0 Å². The second kappa shape index (κ2) is 5.11. The molecular formula is C14H12N2OS. The van der Waals surface area contributed by atoms with Crippen LogP contribution in [-0.4, -0.2) is 10.1 Å². The lowest BCUT2D eigenvalue weighted by atomic mass is 10.1. The van der Waals surface area contributed by atoms with E-state index in [1.165, 1.54) is 11.8 Å². The van der Waals surface area contributed by atoms with Gasteiger partial charge in [-0.25, -0.2) is 4.98 Å². The summed E-state index contributed by atoms with van der Waals surface area (Å²) in [4.78, 5) is 5.07. The first-order chi connectivity index (χ1) is 8.61. The Morgan fingerprint density at radius 3 is 2.67 bits per heavy atom. The highest BCUT2D eigenvalue weighted by atomic mass is 32.2. The van der Waals surface area contributed by atoms with Crippen LogP contribution in [0.1, 0.15) is 16.8 Å². The van der Waals surface area contributed by atoms with Gasteiger partial charge in [0.05, 0.1) is 10.5 Å². The van der Waals surface area contributed by atoms with Gasteiger partial charge in [0.2, 0.25) is 0 Å². The first-order valence-electron chi connectivity index (χ1n) is 5.46. The van der Waals surface area contributed by atoms with Crippen molar-refractivity contribution in [2.45, 2.75) is 23.8 Å². The van der Waals surface area contributed by atoms with Crippen LogP contribution in [0.2, 0.25) is 0 Å². The minimum absolute atomic E-state index is 0.201. The van der Waals surface area contributed by atoms with Gasteiger partial charge in [-0.3, -0.25) is 0 Å². The number of para-hydroxylation sites is 1. The molecule has 4 heteroatoms. The fraction of sp³-hybridized carbons (Fsp3) is 0.143. The number of aromatic nitrogens is 1. The molecule has 0 fully saturated rings. The molecule has 3 nitrogen and oxygen atoms in total. The van der Waals surface area contributed by atoms with E-state index in [0.717, 1.165) is 11.3 Å². The Morgan fingerprint density at radius 2 is 2.00 bits per heavy atom. The summed E-state index contributed by atoms with van der Waals surface area (Å²) in [5.74, 6) is 0.201. The van der Waals surface area contributed by atoms with E-state index >= 15 is 0 Å². The fourth-order valence-electron chi connectivity index (χ4n) is 1.66. The number of phenolic OH excluding ortho intramolecular Hbond substituents is 1. The highest BCUT2D eigenvalue weighted by Gasteiger charge is 2.11. The van der Waals surface area contributed by atoms with Crippen LogP contribution in [0.3, 0.4) is 0 Å². The van der Waals surface area contributed by atoms with Gasteiger partial charge in [0, 0.05) is 5.69 Å². The topological polar surface area (TPSA) is 56.9 Å². The number of nitriles is 1. The molecule has 0 aliphatic rings. The molecule has 0 unspecified atom stereocenters. The molecule has 0 aliphatic heterocycles. The van der Waals surface area contributed by atoms with E-state index in [9.17, 15) is 10.4 Å². The zero-order chi connectivity index (χ0) is 13.1. The maximum atomic E-state index is 9.74. The van der Waals surface area contributed by atoms with Crippen LogP contribution < -0.4 is 0 Å². The molecule has 0 amide bonds. The quantitative estimate of drug-likeness (QED) is 0.894. The summed E-state index contributed by atoms with van der Waals surface area (Å²) in [6.45, 7) is 3.78. The summed E-state index contributed by atoms with van der Waals surface area (Å²) in [5.41, 5.74) is 2.33. The lowest BCUT2D eigenvalue weighted by molar-refractivity contribution is 0.462. The van der Waals surface area contributed by atoms with Crippen molar-refractivity contribution in [3.8, 4) is 11.8 Å². The number of nitrogens with zero attached hydrogens (tertiary/aromatic N) is 2. The van der Waals surface area contributed by atoms with Gasteiger partial charge in [-0.15, -0.1) is 0 Å². The minimum atomic E-state index is 0.201. The third-order valence-corrected chi connectivity index (χ3v) is 3.55. The molecule has 0 aliphatic carbocycles. The molecular weight excluding hydrogens is 244 g/mol. The van der Waals surface area contributed by atoms with Crippen LogP contribution in [0.5, 0.6) is 5.75 Å². The van der Waals surface area contributed by atoms with E-state index in [1.807, 2.05) is 26.0 Å². The van der Waals surface area contributed by atoms with Crippen molar-refractivity contribution in [1.82, 2.24) is 4.98 Å². The summed E-state index contributed by atoms with van der Waals surface area (Å²) in [6.07, 6.45) is 0. The van der Waals surface area contributed by atoms with Crippen molar-refractivity contribution in [2.75, 3.05) is 0 Å². The lowest BCUT2D eigenvalue weighted by Gasteiger charge is -2.08. The number of hydrogen-bond donors (Lipinski definition) is 1. The predicted molar refractivity (Wildman–Crippen MR) is 70.7 cm³/mol. The second-order valence-electron chi connectivity index (χ2n) is 3.94. The number of benzene rings is 1. The van der Waals surface area contributed by atoms with Gasteiger partial charge in [-0.1, -0.05) is 23.9 Å². The standard InChI is InChI=1S/C14H12N2OS/c1-9-7-10(2)16-14(11(9)8-15)18-13-6-4-3-5-12(13)17/h3-7,17H,1-2H3. The Bertz CT molecular complexity index is 632. The average molecular weight is 256 g/mol. The van der Waals surface area contributed by atoms with E-state index in [-0.39, 0.29) is 5.75 Å². The van der Waals surface area contributed by atoms with Crippen molar-refractivity contribution >= 4 is 11.8 Å². The summed E-state index contributed by atoms with van der Waals surface area (Å²) >= 11 is 1.31. The molecule has 1 N–H and O–H groups in total. The highest BCUT2D eigenvalue weighted by molar-refractivity contribution is 7.99. The third kappa shape index (κ3) is 2.47. The van der Waals surface area contributed by atoms with Crippen LogP contribution in [-0.2, 0) is 0 Å². The Labute approximate surface area is 110 Å². The number of aromatic hydroxyl groups is 1. The number of rotatable bonds is 2. The van der Waals surface area contributed by atoms with Gasteiger partial charge in [0.15, 0.2) is 0 Å². The monoisotopic (exact) mass is 256 g/mol. The van der Waals surface area contributed by atoms with Crippen LogP contribution >= 0.6 is 11.8 Å². The summed E-state index contributed by atoms with van der Waals surface area (Å²) in [7, 11) is 0. The number of pyridine rings is 1. The van der Waals surface area contributed by atoms with E-state index < -0.39 is 0 Å². The van der Waals surface area contributed by atoms with E-state index in [1.54, 1.807) is 18.2 Å². The van der Waals surface area contributed by atoms with Crippen LogP contribution in [0.4, 0.5) is 0 Å². The normalized spacial score (nSPS) is 10.1. The van der Waals surface area contributed by atoms with Crippen LogP contribution in [0.25, 0.3) is 0 Å². The van der Waals surface area contributed by atoms with Crippen LogP contribution in [0, 0.1) is 25.2 Å². The second-order valence-corrected chi connectivity index (χ2v) is 4.97. The molecule has 0 spiro atoms. The lowest BCUT2D eigenvalue weighted by Crippen LogP contribution is -1.94. The maximum Gasteiger partial charge on any atom is 0.129 e. The molecule has 0 bridgehead atoms. The molecule has 2 aromatic rings. The van der Waals surface area contributed by atoms with Gasteiger partial charge in [-0.05, 0) is 37.6 Å². The summed E-state index contributed by atoms with van der Waals surface area (Å²) < 4.78 is 0. The molecule has 1 aromatic carbocycles. The predicted octanol–water partition coefficient (Wildman–Crippen LogP) is 3.43. The van der Waals surface area contributed by atoms with Crippen LogP contribution in [0.15, 0.2) is 40.3 Å². The Balaban J connectivity index is 2.47. The largest absolute Gasteiger partial charge is 0.507 e. The fourth-order valence-corrected chi connectivity index (χ4v) is 2.69. The molecule has 0 radical (unpaired) electrons. The Morgan fingerprint density at radius 1 is 1.28 bits per heavy atom. The molecule has 18 heavy (non-hydrogen) atoms. The van der Waals surface area contributed by atoms with E-state index in [2.05, 4.69) is 11.1 Å². The zero-order valence-electron chi connectivity index (χ0n) is 10.1.